The average molecular weight is 796 g/mol. The number of urea groups is 2. The molecule has 0 saturated carbocycles. The zero-order chi connectivity index (χ0) is 39.6. The molecule has 286 valence electrons. The van der Waals surface area contributed by atoms with E-state index in [1.54, 1.807) is 0 Å². The summed E-state index contributed by atoms with van der Waals surface area (Å²) in [4.78, 5) is 64.5. The summed E-state index contributed by atoms with van der Waals surface area (Å²) in [7, 11) is -6.37. The van der Waals surface area contributed by atoms with Crippen molar-refractivity contribution in [3.63, 3.8) is 0 Å². The van der Waals surface area contributed by atoms with Crippen LogP contribution in [0.4, 0.5) is 18.4 Å². The number of nitrogens with one attached hydrogen (secondary N) is 3. The van der Waals surface area contributed by atoms with E-state index in [9.17, 15) is 66.6 Å². The number of aromatic hydroxyl groups is 3. The first kappa shape index (κ1) is 39.3. The highest BCUT2D eigenvalue weighted by molar-refractivity contribution is 7.89. The summed E-state index contributed by atoms with van der Waals surface area (Å²) in [5.74, 6) is -11.5. The molecule has 1 fully saturated rings. The molecule has 0 spiro atoms. The number of phenolic OH excluding ortho intramolecular Hbond substituents is 3. The van der Waals surface area contributed by atoms with Gasteiger partial charge in [0, 0.05) is 17.7 Å². The van der Waals surface area contributed by atoms with E-state index >= 15 is 0 Å². The van der Waals surface area contributed by atoms with Gasteiger partial charge in [-0.1, -0.05) is 23.7 Å². The second kappa shape index (κ2) is 15.6. The van der Waals surface area contributed by atoms with Crippen molar-refractivity contribution in [2.24, 2.45) is 0 Å². The minimum atomic E-state index is -4.37. The van der Waals surface area contributed by atoms with Crippen molar-refractivity contribution in [1.29, 1.82) is 0 Å². The number of aromatic carboxylic acids is 1. The maximum atomic E-state index is 14.6. The van der Waals surface area contributed by atoms with Gasteiger partial charge in [-0.05, 0) is 48.7 Å². The topological polar surface area (TPSA) is 272 Å². The van der Waals surface area contributed by atoms with Crippen LogP contribution in [0.25, 0.3) is 0 Å². The number of benzene rings is 3. The van der Waals surface area contributed by atoms with Crippen molar-refractivity contribution < 1.29 is 71.3 Å². The van der Waals surface area contributed by atoms with Crippen LogP contribution in [0.3, 0.4) is 0 Å². The van der Waals surface area contributed by atoms with Gasteiger partial charge in [0.1, 0.15) is 28.9 Å². The van der Waals surface area contributed by atoms with Crippen molar-refractivity contribution in [3.8, 4) is 23.0 Å². The Kier molecular flexibility index (Phi) is 11.4. The monoisotopic (exact) mass is 795 g/mol. The predicted molar refractivity (Wildman–Crippen MR) is 181 cm³/mol. The summed E-state index contributed by atoms with van der Waals surface area (Å²) in [5, 5.41) is 55.6. The lowest BCUT2D eigenvalue weighted by atomic mass is 9.72. The molecule has 0 aliphatic carbocycles. The van der Waals surface area contributed by atoms with Gasteiger partial charge in [0.05, 0.1) is 29.8 Å². The van der Waals surface area contributed by atoms with Crippen molar-refractivity contribution >= 4 is 58.6 Å². The van der Waals surface area contributed by atoms with Gasteiger partial charge >= 0.3 is 25.1 Å². The number of fused-ring (bicyclic) bond motifs is 1. The fourth-order valence-corrected chi connectivity index (χ4v) is 7.30. The van der Waals surface area contributed by atoms with Gasteiger partial charge in [0.15, 0.2) is 17.3 Å². The third kappa shape index (κ3) is 8.04. The van der Waals surface area contributed by atoms with Crippen LogP contribution in [0.5, 0.6) is 23.0 Å². The van der Waals surface area contributed by atoms with Gasteiger partial charge in [0.2, 0.25) is 15.9 Å². The summed E-state index contributed by atoms with van der Waals surface area (Å²) < 4.78 is 60.4. The van der Waals surface area contributed by atoms with Crippen LogP contribution in [0, 0.1) is 11.6 Å². The zero-order valence-corrected chi connectivity index (χ0v) is 29.0. The maximum Gasteiger partial charge on any atom is 0.547 e. The lowest BCUT2D eigenvalue weighted by Gasteiger charge is -2.31. The molecule has 5 rings (SSSR count). The fourth-order valence-electron chi connectivity index (χ4n) is 5.62. The van der Waals surface area contributed by atoms with Crippen LogP contribution < -0.4 is 20.6 Å². The van der Waals surface area contributed by atoms with Gasteiger partial charge in [-0.2, -0.15) is 0 Å². The van der Waals surface area contributed by atoms with Crippen LogP contribution in [0.1, 0.15) is 44.3 Å². The third-order valence-corrected chi connectivity index (χ3v) is 10.5. The Hall–Kier alpha value is -5.87. The van der Waals surface area contributed by atoms with Gasteiger partial charge < -0.3 is 46.1 Å². The molecule has 1 saturated heterocycles. The molecule has 0 unspecified atom stereocenters. The Balaban J connectivity index is 1.30. The second-order valence-electron chi connectivity index (χ2n) is 11.9. The van der Waals surface area contributed by atoms with Crippen molar-refractivity contribution in [2.45, 2.75) is 24.8 Å². The van der Waals surface area contributed by atoms with E-state index in [0.717, 1.165) is 12.1 Å². The Morgan fingerprint density at radius 1 is 1.04 bits per heavy atom. The summed E-state index contributed by atoms with van der Waals surface area (Å²) >= 11 is 6.11. The minimum absolute atomic E-state index is 0.0409. The minimum Gasteiger partial charge on any atom is -0.534 e. The number of carbonyl (C=O) groups is 5. The molecular weight excluding hydrogens is 767 g/mol. The van der Waals surface area contributed by atoms with E-state index in [2.05, 4.69) is 16.0 Å². The molecule has 3 aromatic rings. The smallest absolute Gasteiger partial charge is 0.534 e. The van der Waals surface area contributed by atoms with E-state index in [1.807, 2.05) is 0 Å². The number of hydrogen-bond acceptors (Lipinski definition) is 12. The molecule has 18 nitrogen and oxygen atoms in total. The van der Waals surface area contributed by atoms with Crippen LogP contribution in [0.15, 0.2) is 42.5 Å². The number of carbonyl (C=O) groups excluding carboxylic acids is 4. The number of rotatable bonds is 11. The summed E-state index contributed by atoms with van der Waals surface area (Å²) in [6.07, 6.45) is -0.517. The molecule has 54 heavy (non-hydrogen) atoms. The van der Waals surface area contributed by atoms with E-state index in [0.29, 0.717) is 15.3 Å². The van der Waals surface area contributed by atoms with Gasteiger partial charge in [-0.25, -0.2) is 40.8 Å². The number of sulfonamides is 1. The molecule has 0 aromatic heterocycles. The number of imide groups is 1. The molecule has 23 heteroatoms. The molecular formula is C31H29BClF2N5O13S. The van der Waals surface area contributed by atoms with Crippen LogP contribution in [0.2, 0.25) is 5.02 Å². The molecule has 2 aliphatic rings. The van der Waals surface area contributed by atoms with Crippen molar-refractivity contribution in [1.82, 2.24) is 25.2 Å². The number of amides is 6. The largest absolute Gasteiger partial charge is 0.547 e. The zero-order valence-electron chi connectivity index (χ0n) is 27.5. The summed E-state index contributed by atoms with van der Waals surface area (Å²) in [5.41, 5.74) is -1.39. The van der Waals surface area contributed by atoms with Crippen molar-refractivity contribution in [2.75, 3.05) is 25.4 Å². The molecule has 6 amide bonds. The van der Waals surface area contributed by atoms with Crippen LogP contribution >= 0.6 is 11.6 Å². The van der Waals surface area contributed by atoms with Gasteiger partial charge in [0.25, 0.3) is 5.91 Å². The van der Waals surface area contributed by atoms with E-state index in [4.69, 9.17) is 16.3 Å². The number of hydrogen-bond donors (Lipinski definition) is 8. The maximum absolute atomic E-state index is 14.6. The Labute approximate surface area is 309 Å². The van der Waals surface area contributed by atoms with Crippen LogP contribution in [-0.4, -0.2) is 111 Å². The molecule has 0 bridgehead atoms. The summed E-state index contributed by atoms with van der Waals surface area (Å²) in [6.45, 7) is -1.18. The normalized spacial score (nSPS) is 16.0. The molecule has 0 radical (unpaired) electrons. The first-order chi connectivity index (χ1) is 25.4. The van der Waals surface area contributed by atoms with Crippen LogP contribution in [-0.2, 0) is 21.2 Å². The quantitative estimate of drug-likeness (QED) is 0.0771. The molecule has 2 heterocycles. The number of phenols is 3. The number of carboxylic acids is 1. The van der Waals surface area contributed by atoms with Crippen molar-refractivity contribution in [3.05, 3.63) is 81.4 Å². The van der Waals surface area contributed by atoms with E-state index in [-0.39, 0.29) is 36.3 Å². The average Bonchev–Trinajstić information content (AvgIpc) is 3.52. The first-order valence-electron chi connectivity index (χ1n) is 15.7. The third-order valence-electron chi connectivity index (χ3n) is 8.31. The highest BCUT2D eigenvalue weighted by Crippen LogP contribution is 2.41. The summed E-state index contributed by atoms with van der Waals surface area (Å²) in [6, 6.07) is 3.00. The SMILES string of the molecule is O=C(NCCCS(=O)(=O)N1CCN(C(=O)N[C@@H](C(=O)N[C@H]2Cc3ccc(F)c(C(=O)O)c3OB2O)c2cc(F)c(O)c(O)c2Cl)C1=O)c1cccc(O)c1. The second-order valence-corrected chi connectivity index (χ2v) is 14.3. The predicted octanol–water partition coefficient (Wildman–Crippen LogP) is 1.21. The molecule has 3 aromatic carbocycles. The fraction of sp³-hybridized carbons (Fsp3) is 0.258. The molecule has 2 aliphatic heterocycles. The van der Waals surface area contributed by atoms with E-state index < -0.39 is 123 Å². The standard InChI is InChI=1S/C31H29BClF2N5O13S/c33-22-17(13-19(35)24(42)25(22)43)23(28(45)37-20-12-14-5-6-18(34)21(29(46)47)26(14)53-32(20)50)38-30(48)39-8-9-40(31(39)49)54(51,52)10-2-7-36-27(44)15-3-1-4-16(41)11-15/h1,3-6,11,13,20,23,41-43,50H,2,7-10,12H2,(H,36,44)(H,37,45)(H,38,48)(H,46,47)/t20-,23+/m0/s1. The van der Waals surface area contributed by atoms with Gasteiger partial charge in [-0.3, -0.25) is 9.59 Å². The lowest BCUT2D eigenvalue weighted by molar-refractivity contribution is -0.123. The molecule has 8 N–H and O–H groups in total. The lowest BCUT2D eigenvalue weighted by Crippen LogP contribution is -2.56. The highest BCUT2D eigenvalue weighted by Gasteiger charge is 2.43. The highest BCUT2D eigenvalue weighted by atomic mass is 35.5. The Morgan fingerprint density at radius 3 is 2.44 bits per heavy atom. The Bertz CT molecular complexity index is 2170. The van der Waals surface area contributed by atoms with E-state index in [1.165, 1.54) is 24.3 Å². The number of halogens is 3. The number of nitrogens with zero attached hydrogens (tertiary/aromatic N) is 2. The number of carboxylic acid groups (broad SMARTS) is 1. The van der Waals surface area contributed by atoms with Gasteiger partial charge in [-0.15, -0.1) is 0 Å². The Morgan fingerprint density at radius 2 is 1.76 bits per heavy atom. The molecule has 2 atom stereocenters. The first-order valence-corrected chi connectivity index (χ1v) is 17.7.